The van der Waals surface area contributed by atoms with E-state index in [1.165, 1.54) is 38.9 Å². The quantitative estimate of drug-likeness (QED) is 0.433. The average molecular weight is 436 g/mol. The third-order valence-electron chi connectivity index (χ3n) is 4.51. The van der Waals surface area contributed by atoms with Gasteiger partial charge in [-0.25, -0.2) is 4.98 Å². The van der Waals surface area contributed by atoms with Crippen molar-refractivity contribution in [1.29, 1.82) is 0 Å². The van der Waals surface area contributed by atoms with Crippen molar-refractivity contribution in [2.24, 2.45) is 0 Å². The molecule has 2 heterocycles. The van der Waals surface area contributed by atoms with Gasteiger partial charge in [0.1, 0.15) is 4.88 Å². The lowest BCUT2D eigenvalue weighted by molar-refractivity contribution is 0.103. The van der Waals surface area contributed by atoms with Gasteiger partial charge in [0.25, 0.3) is 5.91 Å². The summed E-state index contributed by atoms with van der Waals surface area (Å²) in [5.41, 5.74) is 2.30. The monoisotopic (exact) mass is 436 g/mol. The van der Waals surface area contributed by atoms with Crippen molar-refractivity contribution in [2.75, 3.05) is 32.0 Å². The van der Waals surface area contributed by atoms with E-state index in [0.717, 1.165) is 16.6 Å². The molecule has 0 aliphatic heterocycles. The highest BCUT2D eigenvalue weighted by atomic mass is 32.1. The molecule has 0 unspecified atom stereocenters. The molecular formula is C22H20N4O4S. The van der Waals surface area contributed by atoms with Crippen molar-refractivity contribution in [3.63, 3.8) is 0 Å². The number of nitrogens with one attached hydrogen (secondary N) is 2. The number of hydrogen-bond acceptors (Lipinski definition) is 8. The number of methoxy groups -OCH3 is 3. The Bertz CT molecular complexity index is 1220. The fourth-order valence-electron chi connectivity index (χ4n) is 3.06. The molecule has 0 spiro atoms. The second kappa shape index (κ2) is 8.88. The summed E-state index contributed by atoms with van der Waals surface area (Å²) in [5, 5.41) is 7.70. The first kappa shape index (κ1) is 20.4. The van der Waals surface area contributed by atoms with Gasteiger partial charge in [0.15, 0.2) is 16.6 Å². The normalized spacial score (nSPS) is 10.5. The van der Waals surface area contributed by atoms with Crippen LogP contribution in [-0.2, 0) is 0 Å². The van der Waals surface area contributed by atoms with Crippen LogP contribution in [0.25, 0.3) is 10.9 Å². The van der Waals surface area contributed by atoms with Gasteiger partial charge in [-0.15, -0.1) is 0 Å². The Labute approximate surface area is 182 Å². The largest absolute Gasteiger partial charge is 0.493 e. The van der Waals surface area contributed by atoms with Gasteiger partial charge in [-0.05, 0) is 24.3 Å². The lowest BCUT2D eigenvalue weighted by Crippen LogP contribution is -2.10. The fourth-order valence-corrected chi connectivity index (χ4v) is 3.79. The van der Waals surface area contributed by atoms with Gasteiger partial charge in [-0.2, -0.15) is 0 Å². The first-order valence-electron chi connectivity index (χ1n) is 9.30. The number of anilines is 3. The van der Waals surface area contributed by atoms with E-state index in [-0.39, 0.29) is 5.91 Å². The molecule has 4 aromatic rings. The number of carbonyl (C=O) groups excluding carboxylic acids is 1. The second-order valence-electron chi connectivity index (χ2n) is 6.43. The van der Waals surface area contributed by atoms with Crippen molar-refractivity contribution >= 4 is 44.7 Å². The Balaban J connectivity index is 1.50. The van der Waals surface area contributed by atoms with Gasteiger partial charge in [-0.1, -0.05) is 17.4 Å². The van der Waals surface area contributed by atoms with Gasteiger partial charge < -0.3 is 24.8 Å². The second-order valence-corrected chi connectivity index (χ2v) is 7.46. The highest BCUT2D eigenvalue weighted by molar-refractivity contribution is 7.17. The van der Waals surface area contributed by atoms with Crippen LogP contribution in [0.4, 0.5) is 16.5 Å². The van der Waals surface area contributed by atoms with Gasteiger partial charge in [-0.3, -0.25) is 9.78 Å². The molecule has 2 aromatic heterocycles. The maximum Gasteiger partial charge on any atom is 0.267 e. The topological polar surface area (TPSA) is 94.6 Å². The number of ether oxygens (including phenoxy) is 3. The third-order valence-corrected chi connectivity index (χ3v) is 5.42. The number of amides is 1. The van der Waals surface area contributed by atoms with Crippen LogP contribution in [0, 0.1) is 0 Å². The van der Waals surface area contributed by atoms with Crippen molar-refractivity contribution in [1.82, 2.24) is 9.97 Å². The summed E-state index contributed by atoms with van der Waals surface area (Å²) >= 11 is 1.25. The minimum atomic E-state index is -0.289. The molecule has 158 valence electrons. The van der Waals surface area contributed by atoms with E-state index in [0.29, 0.717) is 32.9 Å². The summed E-state index contributed by atoms with van der Waals surface area (Å²) in [6.45, 7) is 0. The zero-order chi connectivity index (χ0) is 21.8. The minimum Gasteiger partial charge on any atom is -0.493 e. The number of benzene rings is 2. The van der Waals surface area contributed by atoms with Crippen LogP contribution >= 0.6 is 11.3 Å². The molecule has 0 radical (unpaired) electrons. The van der Waals surface area contributed by atoms with Crippen LogP contribution in [0.3, 0.4) is 0 Å². The first-order chi connectivity index (χ1) is 15.1. The van der Waals surface area contributed by atoms with E-state index >= 15 is 0 Å². The third kappa shape index (κ3) is 4.36. The van der Waals surface area contributed by atoms with Crippen molar-refractivity contribution in [3.8, 4) is 17.2 Å². The van der Waals surface area contributed by atoms with Crippen LogP contribution in [0.15, 0.2) is 54.9 Å². The number of aromatic nitrogens is 2. The van der Waals surface area contributed by atoms with Gasteiger partial charge in [0.05, 0.1) is 33.0 Å². The number of thiazole rings is 1. The molecule has 31 heavy (non-hydrogen) atoms. The SMILES string of the molecule is COc1cc(NC(=O)c2cnc(Nc3ccc4ncccc4c3)s2)cc(OC)c1OC. The molecule has 0 bridgehead atoms. The van der Waals surface area contributed by atoms with E-state index in [1.54, 1.807) is 18.3 Å². The summed E-state index contributed by atoms with van der Waals surface area (Å²) in [6, 6.07) is 13.1. The molecule has 0 saturated carbocycles. The van der Waals surface area contributed by atoms with Crippen LogP contribution in [-0.4, -0.2) is 37.2 Å². The summed E-state index contributed by atoms with van der Waals surface area (Å²) in [6.07, 6.45) is 3.29. The Kier molecular flexibility index (Phi) is 5.85. The molecule has 0 aliphatic rings. The van der Waals surface area contributed by atoms with E-state index in [2.05, 4.69) is 20.6 Å². The van der Waals surface area contributed by atoms with Gasteiger partial charge >= 0.3 is 0 Å². The Hall–Kier alpha value is -3.85. The summed E-state index contributed by atoms with van der Waals surface area (Å²) in [5.74, 6) is 1.07. The van der Waals surface area contributed by atoms with Gasteiger partial charge in [0, 0.05) is 35.1 Å². The highest BCUT2D eigenvalue weighted by Gasteiger charge is 2.16. The van der Waals surface area contributed by atoms with Crippen molar-refractivity contribution in [3.05, 3.63) is 59.7 Å². The smallest absolute Gasteiger partial charge is 0.267 e. The maximum atomic E-state index is 12.7. The van der Waals surface area contributed by atoms with E-state index in [9.17, 15) is 4.79 Å². The molecular weight excluding hydrogens is 416 g/mol. The minimum absolute atomic E-state index is 0.289. The fraction of sp³-hybridized carbons (Fsp3) is 0.136. The molecule has 1 amide bonds. The predicted octanol–water partition coefficient (Wildman–Crippen LogP) is 4.71. The highest BCUT2D eigenvalue weighted by Crippen LogP contribution is 2.40. The number of hydrogen-bond donors (Lipinski definition) is 2. The van der Waals surface area contributed by atoms with Crippen LogP contribution in [0.2, 0.25) is 0 Å². The molecule has 0 saturated heterocycles. The molecule has 4 rings (SSSR count). The first-order valence-corrected chi connectivity index (χ1v) is 10.1. The van der Waals surface area contributed by atoms with Crippen molar-refractivity contribution in [2.45, 2.75) is 0 Å². The van der Waals surface area contributed by atoms with E-state index in [1.807, 2.05) is 30.3 Å². The molecule has 2 aromatic carbocycles. The van der Waals surface area contributed by atoms with Gasteiger partial charge in [0.2, 0.25) is 5.75 Å². The molecule has 0 fully saturated rings. The van der Waals surface area contributed by atoms with Crippen LogP contribution in [0.1, 0.15) is 9.67 Å². The van der Waals surface area contributed by atoms with E-state index < -0.39 is 0 Å². The number of fused-ring (bicyclic) bond motifs is 1. The molecule has 2 N–H and O–H groups in total. The Morgan fingerprint density at radius 3 is 2.42 bits per heavy atom. The predicted molar refractivity (Wildman–Crippen MR) is 121 cm³/mol. The average Bonchev–Trinajstić information content (AvgIpc) is 3.27. The molecule has 0 atom stereocenters. The number of pyridine rings is 1. The Morgan fingerprint density at radius 2 is 1.71 bits per heavy atom. The summed E-state index contributed by atoms with van der Waals surface area (Å²) in [7, 11) is 4.57. The molecule has 8 nitrogen and oxygen atoms in total. The summed E-state index contributed by atoms with van der Waals surface area (Å²) < 4.78 is 16.0. The van der Waals surface area contributed by atoms with Crippen LogP contribution in [0.5, 0.6) is 17.2 Å². The number of carbonyl (C=O) groups is 1. The van der Waals surface area contributed by atoms with Crippen molar-refractivity contribution < 1.29 is 19.0 Å². The maximum absolute atomic E-state index is 12.7. The lowest BCUT2D eigenvalue weighted by atomic mass is 10.2. The molecule has 9 heteroatoms. The zero-order valence-corrected chi connectivity index (χ0v) is 17.9. The molecule has 0 aliphatic carbocycles. The van der Waals surface area contributed by atoms with E-state index in [4.69, 9.17) is 14.2 Å². The number of nitrogens with zero attached hydrogens (tertiary/aromatic N) is 2. The van der Waals surface area contributed by atoms with Crippen LogP contribution < -0.4 is 24.8 Å². The lowest BCUT2D eigenvalue weighted by Gasteiger charge is -2.14. The summed E-state index contributed by atoms with van der Waals surface area (Å²) in [4.78, 5) is 21.8. The zero-order valence-electron chi connectivity index (χ0n) is 17.1. The number of rotatable bonds is 7. The Morgan fingerprint density at radius 1 is 0.935 bits per heavy atom. The standard InChI is InChI=1S/C22H20N4O4S/c1-28-17-10-15(11-18(29-2)20(17)30-3)25-21(27)19-12-24-22(31-19)26-14-6-7-16-13(9-14)5-4-8-23-16/h4-12H,1-3H3,(H,24,26)(H,25,27).